The third-order valence-corrected chi connectivity index (χ3v) is 3.58. The van der Waals surface area contributed by atoms with E-state index in [1.54, 1.807) is 23.1 Å². The molecule has 1 heterocycles. The van der Waals surface area contributed by atoms with Gasteiger partial charge < -0.3 is 10.0 Å². The number of carboxylic acid groups (broad SMARTS) is 1. The summed E-state index contributed by atoms with van der Waals surface area (Å²) in [7, 11) is 0. The first-order valence-corrected chi connectivity index (χ1v) is 6.89. The molecule has 0 bridgehead atoms. The van der Waals surface area contributed by atoms with Crippen LogP contribution in [0.2, 0.25) is 5.02 Å². The molecule has 1 aromatic carbocycles. The van der Waals surface area contributed by atoms with Gasteiger partial charge in [-0.3, -0.25) is 9.59 Å². The Balaban J connectivity index is 1.99. The number of aliphatic carboxylic acids is 1. The molecule has 106 valence electrons. The molecule has 0 unspecified atom stereocenters. The van der Waals surface area contributed by atoms with Crippen molar-refractivity contribution in [2.45, 2.75) is 12.8 Å². The molecule has 0 aromatic heterocycles. The molecule has 0 aliphatic carbocycles. The van der Waals surface area contributed by atoms with Gasteiger partial charge in [-0.15, -0.1) is 0 Å². The van der Waals surface area contributed by atoms with Crippen LogP contribution in [0.15, 0.2) is 30.3 Å². The summed E-state index contributed by atoms with van der Waals surface area (Å²) in [6.07, 6.45) is 4.53. The smallest absolute Gasteiger partial charge is 0.308 e. The average molecular weight is 294 g/mol. The minimum atomic E-state index is -0.832. The lowest BCUT2D eigenvalue weighted by molar-refractivity contribution is -0.144. The number of hydrogen-bond donors (Lipinski definition) is 1. The Morgan fingerprint density at radius 1 is 1.40 bits per heavy atom. The Morgan fingerprint density at radius 3 is 2.90 bits per heavy atom. The molecular formula is C15H16ClNO3. The van der Waals surface area contributed by atoms with Gasteiger partial charge >= 0.3 is 5.97 Å². The lowest BCUT2D eigenvalue weighted by Crippen LogP contribution is -2.41. The van der Waals surface area contributed by atoms with Gasteiger partial charge in [-0.1, -0.05) is 23.7 Å². The highest BCUT2D eigenvalue weighted by Gasteiger charge is 2.26. The number of halogens is 1. The van der Waals surface area contributed by atoms with E-state index in [0.717, 1.165) is 12.0 Å². The summed E-state index contributed by atoms with van der Waals surface area (Å²) in [6, 6.07) is 7.20. The van der Waals surface area contributed by atoms with E-state index in [1.165, 1.54) is 6.08 Å². The molecule has 0 saturated carbocycles. The van der Waals surface area contributed by atoms with Crippen molar-refractivity contribution in [2.24, 2.45) is 5.92 Å². The number of carbonyl (C=O) groups excluding carboxylic acids is 1. The topological polar surface area (TPSA) is 57.6 Å². The Bertz CT molecular complexity index is 542. The van der Waals surface area contributed by atoms with Crippen molar-refractivity contribution in [3.05, 3.63) is 40.9 Å². The number of benzene rings is 1. The van der Waals surface area contributed by atoms with Crippen molar-refractivity contribution in [3.8, 4) is 0 Å². The summed E-state index contributed by atoms with van der Waals surface area (Å²) in [5.74, 6) is -1.44. The number of nitrogens with zero attached hydrogens (tertiary/aromatic N) is 1. The summed E-state index contributed by atoms with van der Waals surface area (Å²) in [5.41, 5.74) is 0.845. The van der Waals surface area contributed by atoms with Crippen molar-refractivity contribution in [1.29, 1.82) is 0 Å². The second-order valence-corrected chi connectivity index (χ2v) is 5.29. The van der Waals surface area contributed by atoms with E-state index in [4.69, 9.17) is 16.7 Å². The quantitative estimate of drug-likeness (QED) is 0.872. The van der Waals surface area contributed by atoms with Gasteiger partial charge in [-0.2, -0.15) is 0 Å². The molecule has 5 heteroatoms. The molecule has 0 radical (unpaired) electrons. The van der Waals surface area contributed by atoms with Crippen LogP contribution in [0.1, 0.15) is 18.4 Å². The van der Waals surface area contributed by atoms with Crippen LogP contribution in [0.25, 0.3) is 6.08 Å². The first-order chi connectivity index (χ1) is 9.56. The molecule has 1 aliphatic rings. The van der Waals surface area contributed by atoms with Crippen LogP contribution in [0, 0.1) is 5.92 Å². The standard InChI is InChI=1S/C15H16ClNO3/c16-13-5-1-3-11(9-13)6-7-14(18)17-8-2-4-12(10-17)15(19)20/h1,3,5-7,9,12H,2,4,8,10H2,(H,19,20)/b7-6+/t12-/m1/s1. The van der Waals surface area contributed by atoms with Gasteiger partial charge in [0.15, 0.2) is 0 Å². The molecule has 1 aliphatic heterocycles. The summed E-state index contributed by atoms with van der Waals surface area (Å²) >= 11 is 5.87. The summed E-state index contributed by atoms with van der Waals surface area (Å²) in [6.45, 7) is 0.899. The van der Waals surface area contributed by atoms with E-state index in [9.17, 15) is 9.59 Å². The zero-order valence-corrected chi connectivity index (χ0v) is 11.7. The van der Waals surface area contributed by atoms with E-state index >= 15 is 0 Å². The van der Waals surface area contributed by atoms with Crippen molar-refractivity contribution < 1.29 is 14.7 Å². The third-order valence-electron chi connectivity index (χ3n) is 3.35. The molecule has 20 heavy (non-hydrogen) atoms. The van der Waals surface area contributed by atoms with Crippen molar-refractivity contribution in [1.82, 2.24) is 4.90 Å². The van der Waals surface area contributed by atoms with E-state index in [0.29, 0.717) is 18.0 Å². The number of rotatable bonds is 3. The zero-order valence-electron chi connectivity index (χ0n) is 11.0. The molecule has 2 rings (SSSR count). The fraction of sp³-hybridized carbons (Fsp3) is 0.333. The molecule has 1 atom stereocenters. The molecule has 1 N–H and O–H groups in total. The monoisotopic (exact) mass is 293 g/mol. The Kier molecular flexibility index (Phi) is 4.79. The minimum Gasteiger partial charge on any atom is -0.481 e. The van der Waals surface area contributed by atoms with Gasteiger partial charge in [-0.05, 0) is 36.6 Å². The van der Waals surface area contributed by atoms with Crippen molar-refractivity contribution >= 4 is 29.6 Å². The first kappa shape index (κ1) is 14.6. The SMILES string of the molecule is O=C(O)[C@@H]1CCCN(C(=O)/C=C/c2cccc(Cl)c2)C1. The van der Waals surface area contributed by atoms with Crippen LogP contribution >= 0.6 is 11.6 Å². The molecule has 0 spiro atoms. The molecule has 1 amide bonds. The average Bonchev–Trinajstić information content (AvgIpc) is 2.45. The molecular weight excluding hydrogens is 278 g/mol. The number of piperidine rings is 1. The normalized spacial score (nSPS) is 19.2. The minimum absolute atomic E-state index is 0.157. The number of carboxylic acids is 1. The van der Waals surface area contributed by atoms with Gasteiger partial charge in [0.05, 0.1) is 5.92 Å². The molecule has 1 fully saturated rings. The summed E-state index contributed by atoms with van der Waals surface area (Å²) in [5, 5.41) is 9.62. The van der Waals surface area contributed by atoms with Crippen LogP contribution in [0.3, 0.4) is 0 Å². The number of hydrogen-bond acceptors (Lipinski definition) is 2. The van der Waals surface area contributed by atoms with Gasteiger partial charge in [0.1, 0.15) is 0 Å². The van der Waals surface area contributed by atoms with E-state index in [2.05, 4.69) is 0 Å². The largest absolute Gasteiger partial charge is 0.481 e. The lowest BCUT2D eigenvalue weighted by Gasteiger charge is -2.29. The van der Waals surface area contributed by atoms with Gasteiger partial charge in [0.2, 0.25) is 5.91 Å². The third kappa shape index (κ3) is 3.84. The van der Waals surface area contributed by atoms with Gasteiger partial charge in [-0.25, -0.2) is 0 Å². The fourth-order valence-corrected chi connectivity index (χ4v) is 2.46. The van der Waals surface area contributed by atoms with E-state index < -0.39 is 11.9 Å². The van der Waals surface area contributed by atoms with Crippen LogP contribution in [0.5, 0.6) is 0 Å². The highest BCUT2D eigenvalue weighted by molar-refractivity contribution is 6.30. The van der Waals surface area contributed by atoms with Crippen LogP contribution < -0.4 is 0 Å². The van der Waals surface area contributed by atoms with E-state index in [-0.39, 0.29) is 12.5 Å². The maximum atomic E-state index is 12.0. The second kappa shape index (κ2) is 6.57. The Labute approximate surface area is 122 Å². The maximum Gasteiger partial charge on any atom is 0.308 e. The number of amides is 1. The zero-order chi connectivity index (χ0) is 14.5. The Morgan fingerprint density at radius 2 is 2.20 bits per heavy atom. The highest BCUT2D eigenvalue weighted by Crippen LogP contribution is 2.17. The van der Waals surface area contributed by atoms with Crippen LogP contribution in [-0.2, 0) is 9.59 Å². The highest BCUT2D eigenvalue weighted by atomic mass is 35.5. The van der Waals surface area contributed by atoms with Crippen molar-refractivity contribution in [3.63, 3.8) is 0 Å². The second-order valence-electron chi connectivity index (χ2n) is 4.85. The Hall–Kier alpha value is -1.81. The maximum absolute atomic E-state index is 12.0. The fourth-order valence-electron chi connectivity index (χ4n) is 2.26. The van der Waals surface area contributed by atoms with Gasteiger partial charge in [0, 0.05) is 24.2 Å². The molecule has 4 nitrogen and oxygen atoms in total. The van der Waals surface area contributed by atoms with E-state index in [1.807, 2.05) is 12.1 Å². The lowest BCUT2D eigenvalue weighted by atomic mass is 9.98. The van der Waals surface area contributed by atoms with Crippen LogP contribution in [0.4, 0.5) is 0 Å². The molecule has 1 saturated heterocycles. The predicted octanol–water partition coefficient (Wildman–Crippen LogP) is 2.68. The first-order valence-electron chi connectivity index (χ1n) is 6.51. The summed E-state index contributed by atoms with van der Waals surface area (Å²) in [4.78, 5) is 24.6. The summed E-state index contributed by atoms with van der Waals surface area (Å²) < 4.78 is 0. The van der Waals surface area contributed by atoms with Crippen molar-refractivity contribution in [2.75, 3.05) is 13.1 Å². The molecule has 1 aromatic rings. The predicted molar refractivity (Wildman–Crippen MR) is 77.4 cm³/mol. The number of carbonyl (C=O) groups is 2. The number of likely N-dealkylation sites (tertiary alicyclic amines) is 1. The van der Waals surface area contributed by atoms with Crippen LogP contribution in [-0.4, -0.2) is 35.0 Å². The van der Waals surface area contributed by atoms with Gasteiger partial charge in [0.25, 0.3) is 0 Å².